The third kappa shape index (κ3) is 4.60. The number of fused-ring (bicyclic) bond motifs is 1. The van der Waals surface area contributed by atoms with Crippen LogP contribution in [-0.4, -0.2) is 33.2 Å². The zero-order valence-corrected chi connectivity index (χ0v) is 17.8. The number of anilines is 1. The van der Waals surface area contributed by atoms with Gasteiger partial charge in [-0.2, -0.15) is 5.10 Å². The van der Waals surface area contributed by atoms with Crippen molar-refractivity contribution in [2.75, 3.05) is 11.9 Å². The summed E-state index contributed by atoms with van der Waals surface area (Å²) in [6.45, 7) is 3.32. The van der Waals surface area contributed by atoms with Crippen LogP contribution in [0.5, 0.6) is 0 Å². The quantitative estimate of drug-likeness (QED) is 0.577. The highest BCUT2D eigenvalue weighted by atomic mass is 35.5. The Morgan fingerprint density at radius 2 is 1.87 bits per heavy atom. The molecule has 2 aromatic heterocycles. The number of benzene rings is 1. The maximum absolute atomic E-state index is 12.6. The van der Waals surface area contributed by atoms with E-state index in [2.05, 4.69) is 15.4 Å². The minimum Gasteiger partial charge on any atom is -0.451 e. The molecule has 0 radical (unpaired) electrons. The van der Waals surface area contributed by atoms with E-state index in [4.69, 9.17) is 27.9 Å². The van der Waals surface area contributed by atoms with E-state index in [0.717, 1.165) is 0 Å². The number of carbonyl (C=O) groups is 2. The lowest BCUT2D eigenvalue weighted by Gasteiger charge is -2.11. The first-order chi connectivity index (χ1) is 14.3. The number of pyridine rings is 1. The lowest BCUT2D eigenvalue weighted by Crippen LogP contribution is -2.27. The van der Waals surface area contributed by atoms with Crippen molar-refractivity contribution in [2.24, 2.45) is 0 Å². The van der Waals surface area contributed by atoms with Crippen LogP contribution in [0.1, 0.15) is 29.5 Å². The second kappa shape index (κ2) is 9.23. The van der Waals surface area contributed by atoms with E-state index in [1.54, 1.807) is 31.2 Å². The first-order valence-corrected chi connectivity index (χ1v) is 9.87. The maximum Gasteiger partial charge on any atom is 0.359 e. The second-order valence-corrected chi connectivity index (χ2v) is 7.25. The van der Waals surface area contributed by atoms with E-state index in [-0.39, 0.29) is 22.1 Å². The van der Waals surface area contributed by atoms with Crippen molar-refractivity contribution in [1.29, 1.82) is 0 Å². The molecule has 0 saturated heterocycles. The Bertz CT molecular complexity index is 1190. The number of aromatic nitrogens is 3. The Labute approximate surface area is 181 Å². The number of rotatable bonds is 6. The summed E-state index contributed by atoms with van der Waals surface area (Å²) in [5, 5.41) is 7.84. The van der Waals surface area contributed by atoms with Gasteiger partial charge in [0.05, 0.1) is 21.1 Å². The minimum atomic E-state index is -0.822. The third-order valence-corrected chi connectivity index (χ3v) is 4.86. The number of amides is 1. The topological polar surface area (TPSA) is 103 Å². The molecule has 0 aliphatic heterocycles. The van der Waals surface area contributed by atoms with Gasteiger partial charge in [-0.15, -0.1) is 0 Å². The molecule has 10 heteroatoms. The molecule has 0 atom stereocenters. The van der Waals surface area contributed by atoms with E-state index in [0.29, 0.717) is 34.5 Å². The van der Waals surface area contributed by atoms with E-state index in [1.165, 1.54) is 10.7 Å². The Balaban J connectivity index is 1.79. The predicted octanol–water partition coefficient (Wildman–Crippen LogP) is 3.61. The number of hydrogen-bond acceptors (Lipinski definition) is 6. The number of halogens is 2. The Hall–Kier alpha value is -2.97. The molecule has 1 aromatic carbocycles. The summed E-state index contributed by atoms with van der Waals surface area (Å²) in [5.41, 5.74) is 0.160. The van der Waals surface area contributed by atoms with Crippen LogP contribution in [-0.2, 0) is 16.1 Å². The third-order valence-electron chi connectivity index (χ3n) is 4.19. The van der Waals surface area contributed by atoms with Crippen molar-refractivity contribution in [2.45, 2.75) is 26.8 Å². The SMILES string of the molecule is CCCn1nc(C(=O)OCC(=O)Nc2nc(C)c(Cl)cc2Cl)c2ccccc2c1=O. The fraction of sp³-hybridized carbons (Fsp3) is 0.250. The lowest BCUT2D eigenvalue weighted by atomic mass is 10.1. The summed E-state index contributed by atoms with van der Waals surface area (Å²) >= 11 is 11.9. The summed E-state index contributed by atoms with van der Waals surface area (Å²) in [6, 6.07) is 8.07. The molecule has 30 heavy (non-hydrogen) atoms. The molecule has 0 unspecified atom stereocenters. The fourth-order valence-corrected chi connectivity index (χ4v) is 3.17. The van der Waals surface area contributed by atoms with Gasteiger partial charge in [-0.3, -0.25) is 9.59 Å². The maximum atomic E-state index is 12.6. The molecule has 0 saturated carbocycles. The zero-order valence-electron chi connectivity index (χ0n) is 16.2. The van der Waals surface area contributed by atoms with Gasteiger partial charge in [-0.1, -0.05) is 48.3 Å². The Morgan fingerprint density at radius 3 is 2.57 bits per heavy atom. The highest BCUT2D eigenvalue weighted by molar-refractivity contribution is 6.36. The molecular weight excluding hydrogens is 431 g/mol. The molecule has 1 amide bonds. The van der Waals surface area contributed by atoms with Gasteiger partial charge in [0.2, 0.25) is 0 Å². The first-order valence-electron chi connectivity index (χ1n) is 9.11. The zero-order chi connectivity index (χ0) is 21.8. The van der Waals surface area contributed by atoms with Crippen LogP contribution in [0.4, 0.5) is 5.82 Å². The standard InChI is InChI=1S/C20H18Cl2N4O4/c1-3-8-26-19(28)13-7-5-4-6-12(13)17(25-26)20(29)30-10-16(27)24-18-15(22)9-14(21)11(2)23-18/h4-7,9H,3,8,10H2,1-2H3,(H,23,24,27). The highest BCUT2D eigenvalue weighted by Crippen LogP contribution is 2.25. The summed E-state index contributed by atoms with van der Waals surface area (Å²) in [5.74, 6) is -1.34. The number of esters is 1. The molecule has 0 bridgehead atoms. The van der Waals surface area contributed by atoms with Crippen LogP contribution >= 0.6 is 23.2 Å². The molecule has 0 aliphatic carbocycles. The van der Waals surface area contributed by atoms with Crippen LogP contribution in [0.2, 0.25) is 10.0 Å². The fourth-order valence-electron chi connectivity index (χ4n) is 2.76. The number of nitrogens with one attached hydrogen (secondary N) is 1. The van der Waals surface area contributed by atoms with E-state index < -0.39 is 18.5 Å². The van der Waals surface area contributed by atoms with Gasteiger partial charge in [-0.25, -0.2) is 14.5 Å². The molecule has 8 nitrogen and oxygen atoms in total. The van der Waals surface area contributed by atoms with Crippen LogP contribution < -0.4 is 10.9 Å². The number of hydrogen-bond donors (Lipinski definition) is 1. The molecule has 3 rings (SSSR count). The molecule has 156 valence electrons. The van der Waals surface area contributed by atoms with E-state index in [9.17, 15) is 14.4 Å². The predicted molar refractivity (Wildman–Crippen MR) is 114 cm³/mol. The van der Waals surface area contributed by atoms with Gasteiger partial charge >= 0.3 is 5.97 Å². The second-order valence-electron chi connectivity index (χ2n) is 6.43. The first kappa shape index (κ1) is 21.7. The monoisotopic (exact) mass is 448 g/mol. The van der Waals surface area contributed by atoms with Gasteiger partial charge in [0.25, 0.3) is 11.5 Å². The molecule has 3 aromatic rings. The number of aryl methyl sites for hydroxylation is 2. The highest BCUT2D eigenvalue weighted by Gasteiger charge is 2.19. The van der Waals surface area contributed by atoms with Crippen LogP contribution in [0.3, 0.4) is 0 Å². The summed E-state index contributed by atoms with van der Waals surface area (Å²) in [6.07, 6.45) is 0.663. The van der Waals surface area contributed by atoms with Crippen molar-refractivity contribution in [1.82, 2.24) is 14.8 Å². The van der Waals surface area contributed by atoms with Gasteiger partial charge in [0.15, 0.2) is 18.1 Å². The van der Waals surface area contributed by atoms with Crippen LogP contribution in [0, 0.1) is 6.92 Å². The van der Waals surface area contributed by atoms with Crippen molar-refractivity contribution in [3.63, 3.8) is 0 Å². The van der Waals surface area contributed by atoms with Crippen molar-refractivity contribution in [3.8, 4) is 0 Å². The number of ether oxygens (including phenoxy) is 1. The number of nitrogens with zero attached hydrogens (tertiary/aromatic N) is 3. The summed E-state index contributed by atoms with van der Waals surface area (Å²) in [4.78, 5) is 41.4. The van der Waals surface area contributed by atoms with Crippen molar-refractivity contribution in [3.05, 3.63) is 62.1 Å². The van der Waals surface area contributed by atoms with E-state index in [1.807, 2.05) is 6.92 Å². The van der Waals surface area contributed by atoms with Crippen LogP contribution in [0.15, 0.2) is 35.1 Å². The molecule has 1 N–H and O–H groups in total. The Morgan fingerprint density at radius 1 is 1.17 bits per heavy atom. The Kier molecular flexibility index (Phi) is 6.69. The van der Waals surface area contributed by atoms with Crippen molar-refractivity contribution >= 4 is 51.7 Å². The smallest absolute Gasteiger partial charge is 0.359 e. The summed E-state index contributed by atoms with van der Waals surface area (Å²) < 4.78 is 6.33. The molecule has 0 spiro atoms. The molecular formula is C20H18Cl2N4O4. The van der Waals surface area contributed by atoms with Gasteiger partial charge in [0, 0.05) is 11.9 Å². The molecule has 0 fully saturated rings. The van der Waals surface area contributed by atoms with E-state index >= 15 is 0 Å². The average Bonchev–Trinajstić information content (AvgIpc) is 2.72. The van der Waals surface area contributed by atoms with Gasteiger partial charge < -0.3 is 10.1 Å². The van der Waals surface area contributed by atoms with Crippen molar-refractivity contribution < 1.29 is 14.3 Å². The van der Waals surface area contributed by atoms with Crippen LogP contribution in [0.25, 0.3) is 10.8 Å². The number of carbonyl (C=O) groups excluding carboxylic acids is 2. The lowest BCUT2D eigenvalue weighted by molar-refractivity contribution is -0.119. The normalized spacial score (nSPS) is 10.8. The largest absolute Gasteiger partial charge is 0.451 e. The minimum absolute atomic E-state index is 0.0371. The average molecular weight is 449 g/mol. The van der Waals surface area contributed by atoms with Gasteiger partial charge in [0.1, 0.15) is 0 Å². The summed E-state index contributed by atoms with van der Waals surface area (Å²) in [7, 11) is 0. The molecule has 0 aliphatic rings. The van der Waals surface area contributed by atoms with Gasteiger partial charge in [-0.05, 0) is 25.5 Å². The molecule has 2 heterocycles.